The van der Waals surface area contributed by atoms with E-state index in [9.17, 15) is 4.39 Å². The lowest BCUT2D eigenvalue weighted by Crippen LogP contribution is -2.30. The summed E-state index contributed by atoms with van der Waals surface area (Å²) in [6, 6.07) is 12.4. The Labute approximate surface area is 156 Å². The molecule has 0 amide bonds. The molecular weight excluding hydrogens is 359 g/mol. The quantitative estimate of drug-likeness (QED) is 0.598. The van der Waals surface area contributed by atoms with E-state index in [1.54, 1.807) is 6.07 Å². The number of rotatable bonds is 4. The standard InChI is InChI=1S/C19H18ClFN2OS/c1-3-17-14(13-6-4-5-7-18(13)24-17)11-23(2)19(25)22-12-8-9-16(21)15(20)10-12/h4-10H,3,11H2,1-2H3,(H,22,25). The molecule has 3 rings (SSSR count). The molecule has 6 heteroatoms. The van der Waals surface area contributed by atoms with Crippen LogP contribution < -0.4 is 5.32 Å². The summed E-state index contributed by atoms with van der Waals surface area (Å²) in [5.41, 5.74) is 2.66. The summed E-state index contributed by atoms with van der Waals surface area (Å²) in [6.07, 6.45) is 0.811. The Hall–Kier alpha value is -2.11. The van der Waals surface area contributed by atoms with Gasteiger partial charge in [0.25, 0.3) is 0 Å². The van der Waals surface area contributed by atoms with E-state index in [0.717, 1.165) is 28.7 Å². The lowest BCUT2D eigenvalue weighted by Gasteiger charge is -2.21. The molecule has 0 bridgehead atoms. The Morgan fingerprint density at radius 2 is 2.04 bits per heavy atom. The second kappa shape index (κ2) is 7.42. The van der Waals surface area contributed by atoms with Crippen molar-refractivity contribution in [3.8, 4) is 0 Å². The fourth-order valence-electron chi connectivity index (χ4n) is 2.71. The minimum atomic E-state index is -0.455. The third kappa shape index (κ3) is 3.78. The molecule has 25 heavy (non-hydrogen) atoms. The number of para-hydroxylation sites is 1. The van der Waals surface area contributed by atoms with Gasteiger partial charge in [-0.25, -0.2) is 4.39 Å². The summed E-state index contributed by atoms with van der Waals surface area (Å²) < 4.78 is 19.2. The molecule has 0 aliphatic carbocycles. The van der Waals surface area contributed by atoms with Crippen molar-refractivity contribution < 1.29 is 8.81 Å². The summed E-state index contributed by atoms with van der Waals surface area (Å²) in [4.78, 5) is 1.92. The second-order valence-corrected chi connectivity index (χ2v) is 6.56. The van der Waals surface area contributed by atoms with Gasteiger partial charge in [-0.1, -0.05) is 36.7 Å². The van der Waals surface area contributed by atoms with E-state index >= 15 is 0 Å². The van der Waals surface area contributed by atoms with E-state index < -0.39 is 5.82 Å². The van der Waals surface area contributed by atoms with Crippen molar-refractivity contribution in [1.82, 2.24) is 4.90 Å². The van der Waals surface area contributed by atoms with Crippen molar-refractivity contribution in [2.45, 2.75) is 19.9 Å². The van der Waals surface area contributed by atoms with Crippen LogP contribution in [0.2, 0.25) is 5.02 Å². The molecule has 0 saturated heterocycles. The second-order valence-electron chi connectivity index (χ2n) is 5.77. The van der Waals surface area contributed by atoms with Gasteiger partial charge in [-0.05, 0) is 36.5 Å². The number of aryl methyl sites for hydroxylation is 1. The lowest BCUT2D eigenvalue weighted by atomic mass is 10.1. The number of furan rings is 1. The average molecular weight is 377 g/mol. The molecule has 2 aromatic carbocycles. The van der Waals surface area contributed by atoms with Gasteiger partial charge in [0, 0.05) is 36.7 Å². The van der Waals surface area contributed by atoms with Crippen LogP contribution in [-0.4, -0.2) is 17.1 Å². The predicted octanol–water partition coefficient (Wildman–Crippen LogP) is 5.62. The number of fused-ring (bicyclic) bond motifs is 1. The van der Waals surface area contributed by atoms with Gasteiger partial charge >= 0.3 is 0 Å². The highest BCUT2D eigenvalue weighted by Crippen LogP contribution is 2.27. The number of benzene rings is 2. The zero-order valence-corrected chi connectivity index (χ0v) is 15.5. The smallest absolute Gasteiger partial charge is 0.173 e. The molecule has 1 N–H and O–H groups in total. The van der Waals surface area contributed by atoms with Gasteiger partial charge in [0.15, 0.2) is 5.11 Å². The van der Waals surface area contributed by atoms with E-state index in [0.29, 0.717) is 17.3 Å². The molecular formula is C19H18ClFN2OS. The van der Waals surface area contributed by atoms with Crippen LogP contribution in [0.1, 0.15) is 18.2 Å². The van der Waals surface area contributed by atoms with E-state index in [1.807, 2.05) is 30.1 Å². The molecule has 0 radical (unpaired) electrons. The summed E-state index contributed by atoms with van der Waals surface area (Å²) in [6.45, 7) is 2.68. The fraction of sp³-hybridized carbons (Fsp3) is 0.211. The van der Waals surface area contributed by atoms with Crippen LogP contribution in [-0.2, 0) is 13.0 Å². The Morgan fingerprint density at radius 3 is 2.76 bits per heavy atom. The highest BCUT2D eigenvalue weighted by Gasteiger charge is 2.16. The van der Waals surface area contributed by atoms with E-state index in [2.05, 4.69) is 18.3 Å². The maximum absolute atomic E-state index is 13.3. The molecule has 0 aliphatic heterocycles. The SMILES string of the molecule is CCc1oc2ccccc2c1CN(C)C(=S)Nc1ccc(F)c(Cl)c1. The zero-order valence-electron chi connectivity index (χ0n) is 14.0. The van der Waals surface area contributed by atoms with Gasteiger partial charge in [-0.15, -0.1) is 0 Å². The van der Waals surface area contributed by atoms with E-state index in [-0.39, 0.29) is 5.02 Å². The molecule has 0 aliphatic rings. The number of halogens is 2. The zero-order chi connectivity index (χ0) is 18.0. The van der Waals surface area contributed by atoms with Crippen LogP contribution in [0.15, 0.2) is 46.9 Å². The molecule has 0 unspecified atom stereocenters. The van der Waals surface area contributed by atoms with E-state index in [1.165, 1.54) is 12.1 Å². The maximum atomic E-state index is 13.3. The molecule has 1 heterocycles. The Bertz CT molecular complexity index is 925. The molecule has 3 aromatic rings. The lowest BCUT2D eigenvalue weighted by molar-refractivity contribution is 0.488. The molecule has 0 spiro atoms. The largest absolute Gasteiger partial charge is 0.461 e. The van der Waals surface area contributed by atoms with Crippen LogP contribution in [0.4, 0.5) is 10.1 Å². The molecule has 1 aromatic heterocycles. The van der Waals surface area contributed by atoms with Crippen molar-refractivity contribution in [1.29, 1.82) is 0 Å². The summed E-state index contributed by atoms with van der Waals surface area (Å²) >= 11 is 11.3. The van der Waals surface area contributed by atoms with Crippen molar-refractivity contribution >= 4 is 45.6 Å². The monoisotopic (exact) mass is 376 g/mol. The Kier molecular flexibility index (Phi) is 5.25. The fourth-order valence-corrected chi connectivity index (χ4v) is 3.07. The van der Waals surface area contributed by atoms with Gasteiger partial charge < -0.3 is 14.6 Å². The Balaban J connectivity index is 1.78. The molecule has 130 valence electrons. The van der Waals surface area contributed by atoms with Gasteiger partial charge in [0.2, 0.25) is 0 Å². The van der Waals surface area contributed by atoms with Gasteiger partial charge in [-0.3, -0.25) is 0 Å². The number of nitrogens with zero attached hydrogens (tertiary/aromatic N) is 1. The third-order valence-corrected chi connectivity index (χ3v) is 4.72. The van der Waals surface area contributed by atoms with Crippen LogP contribution in [0.3, 0.4) is 0 Å². The van der Waals surface area contributed by atoms with Crippen LogP contribution >= 0.6 is 23.8 Å². The van der Waals surface area contributed by atoms with Crippen molar-refractivity contribution in [2.24, 2.45) is 0 Å². The third-order valence-electron chi connectivity index (χ3n) is 4.02. The van der Waals surface area contributed by atoms with E-state index in [4.69, 9.17) is 28.2 Å². The first-order chi connectivity index (χ1) is 12.0. The summed E-state index contributed by atoms with van der Waals surface area (Å²) in [5.74, 6) is 0.504. The first-order valence-corrected chi connectivity index (χ1v) is 8.74. The van der Waals surface area contributed by atoms with Crippen LogP contribution in [0.25, 0.3) is 11.0 Å². The minimum Gasteiger partial charge on any atom is -0.461 e. The average Bonchev–Trinajstić information content (AvgIpc) is 2.96. The highest BCUT2D eigenvalue weighted by atomic mass is 35.5. The Morgan fingerprint density at radius 1 is 1.28 bits per heavy atom. The summed E-state index contributed by atoms with van der Waals surface area (Å²) in [5, 5.41) is 4.76. The molecule has 0 saturated carbocycles. The van der Waals surface area contributed by atoms with Gasteiger partial charge in [-0.2, -0.15) is 0 Å². The summed E-state index contributed by atoms with van der Waals surface area (Å²) in [7, 11) is 1.90. The predicted molar refractivity (Wildman–Crippen MR) is 105 cm³/mol. The number of thiocarbonyl (C=S) groups is 1. The number of hydrogen-bond acceptors (Lipinski definition) is 2. The first kappa shape index (κ1) is 17.7. The van der Waals surface area contributed by atoms with Gasteiger partial charge in [0.1, 0.15) is 17.2 Å². The molecule has 3 nitrogen and oxygen atoms in total. The normalized spacial score (nSPS) is 10.9. The van der Waals surface area contributed by atoms with Gasteiger partial charge in [0.05, 0.1) is 5.02 Å². The number of nitrogens with one attached hydrogen (secondary N) is 1. The number of hydrogen-bond donors (Lipinski definition) is 1. The highest BCUT2D eigenvalue weighted by molar-refractivity contribution is 7.80. The van der Waals surface area contributed by atoms with Crippen molar-refractivity contribution in [3.05, 3.63) is 64.6 Å². The van der Waals surface area contributed by atoms with Crippen molar-refractivity contribution in [2.75, 3.05) is 12.4 Å². The molecule has 0 fully saturated rings. The van der Waals surface area contributed by atoms with Crippen molar-refractivity contribution in [3.63, 3.8) is 0 Å². The minimum absolute atomic E-state index is 0.0598. The number of anilines is 1. The topological polar surface area (TPSA) is 28.4 Å². The first-order valence-electron chi connectivity index (χ1n) is 7.96. The van der Waals surface area contributed by atoms with Crippen LogP contribution in [0, 0.1) is 5.82 Å². The maximum Gasteiger partial charge on any atom is 0.173 e. The molecule has 0 atom stereocenters. The van der Waals surface area contributed by atoms with Crippen LogP contribution in [0.5, 0.6) is 0 Å².